The first-order valence-corrected chi connectivity index (χ1v) is 4.85. The molecule has 4 nitrogen and oxygen atoms in total. The van der Waals surface area contributed by atoms with Gasteiger partial charge in [-0.15, -0.1) is 0 Å². The lowest BCUT2D eigenvalue weighted by Gasteiger charge is -2.09. The summed E-state index contributed by atoms with van der Waals surface area (Å²) >= 11 is 0. The maximum Gasteiger partial charge on any atom is 0.471 e. The van der Waals surface area contributed by atoms with Crippen LogP contribution in [0.3, 0.4) is 0 Å². The number of halogens is 3. The van der Waals surface area contributed by atoms with E-state index in [1.807, 2.05) is 13.8 Å². The summed E-state index contributed by atoms with van der Waals surface area (Å²) < 4.78 is 35.1. The first-order valence-electron chi connectivity index (χ1n) is 4.85. The first-order chi connectivity index (χ1) is 7.23. The third-order valence-electron chi connectivity index (χ3n) is 1.60. The van der Waals surface area contributed by atoms with E-state index in [0.717, 1.165) is 0 Å². The molecule has 0 bridgehead atoms. The van der Waals surface area contributed by atoms with Crippen LogP contribution in [0.5, 0.6) is 0 Å². The normalized spacial score (nSPS) is 11.4. The Morgan fingerprint density at radius 3 is 2.19 bits per heavy atom. The summed E-state index contributed by atoms with van der Waals surface area (Å²) in [6, 6.07) is 0. The van der Waals surface area contributed by atoms with Gasteiger partial charge in [0.25, 0.3) is 0 Å². The molecule has 0 aliphatic carbocycles. The molecule has 0 rings (SSSR count). The fourth-order valence-corrected chi connectivity index (χ4v) is 0.796. The summed E-state index contributed by atoms with van der Waals surface area (Å²) in [5.41, 5.74) is 0. The average Bonchev–Trinajstić information content (AvgIpc) is 2.13. The highest BCUT2D eigenvalue weighted by Gasteiger charge is 2.38. The number of hydrogen-bond acceptors (Lipinski definition) is 2. The number of carbonyl (C=O) groups is 2. The first kappa shape index (κ1) is 14.7. The molecule has 2 N–H and O–H groups in total. The smallest absolute Gasteiger partial charge is 0.356 e. The molecular weight excluding hydrogens is 225 g/mol. The van der Waals surface area contributed by atoms with Crippen LogP contribution in [0.25, 0.3) is 0 Å². The third kappa shape index (κ3) is 7.08. The van der Waals surface area contributed by atoms with E-state index in [2.05, 4.69) is 5.32 Å². The molecular formula is C9H15F3N2O2. The van der Waals surface area contributed by atoms with Gasteiger partial charge in [0.2, 0.25) is 5.91 Å². The van der Waals surface area contributed by atoms with Gasteiger partial charge in [-0.2, -0.15) is 13.2 Å². The number of amides is 2. The van der Waals surface area contributed by atoms with Gasteiger partial charge in [0.1, 0.15) is 0 Å². The SMILES string of the molecule is CC(C)CNC(=O)CCNC(=O)C(F)(F)F. The lowest BCUT2D eigenvalue weighted by Crippen LogP contribution is -2.39. The van der Waals surface area contributed by atoms with Crippen LogP contribution in [-0.2, 0) is 9.59 Å². The molecule has 2 amide bonds. The Labute approximate surface area is 91.6 Å². The summed E-state index contributed by atoms with van der Waals surface area (Å²) in [4.78, 5) is 21.4. The van der Waals surface area contributed by atoms with E-state index in [4.69, 9.17) is 0 Å². The molecule has 0 saturated carbocycles. The van der Waals surface area contributed by atoms with E-state index >= 15 is 0 Å². The van der Waals surface area contributed by atoms with Gasteiger partial charge in [0, 0.05) is 19.5 Å². The highest BCUT2D eigenvalue weighted by atomic mass is 19.4. The molecule has 94 valence electrons. The van der Waals surface area contributed by atoms with Gasteiger partial charge >= 0.3 is 12.1 Å². The molecule has 0 aliphatic heterocycles. The van der Waals surface area contributed by atoms with Crippen LogP contribution in [0.2, 0.25) is 0 Å². The van der Waals surface area contributed by atoms with Gasteiger partial charge in [0.05, 0.1) is 0 Å². The second kappa shape index (κ2) is 6.34. The van der Waals surface area contributed by atoms with Crippen molar-refractivity contribution in [1.82, 2.24) is 10.6 Å². The second-order valence-electron chi connectivity index (χ2n) is 3.70. The summed E-state index contributed by atoms with van der Waals surface area (Å²) in [5.74, 6) is -2.13. The molecule has 0 fully saturated rings. The van der Waals surface area contributed by atoms with E-state index in [0.29, 0.717) is 6.54 Å². The van der Waals surface area contributed by atoms with Crippen LogP contribution < -0.4 is 10.6 Å². The van der Waals surface area contributed by atoms with Gasteiger partial charge in [-0.05, 0) is 5.92 Å². The van der Waals surface area contributed by atoms with Gasteiger partial charge in [-0.25, -0.2) is 0 Å². The van der Waals surface area contributed by atoms with Gasteiger partial charge < -0.3 is 10.6 Å². The average molecular weight is 240 g/mol. The van der Waals surface area contributed by atoms with Crippen molar-refractivity contribution in [2.75, 3.05) is 13.1 Å². The van der Waals surface area contributed by atoms with Crippen molar-refractivity contribution >= 4 is 11.8 Å². The number of nitrogens with one attached hydrogen (secondary N) is 2. The monoisotopic (exact) mass is 240 g/mol. The molecule has 0 unspecified atom stereocenters. The predicted molar refractivity (Wildman–Crippen MR) is 51.5 cm³/mol. The molecule has 0 aromatic heterocycles. The minimum absolute atomic E-state index is 0.158. The van der Waals surface area contributed by atoms with Gasteiger partial charge in [-0.3, -0.25) is 9.59 Å². The van der Waals surface area contributed by atoms with Crippen molar-refractivity contribution in [3.05, 3.63) is 0 Å². The maximum atomic E-state index is 11.7. The standard InChI is InChI=1S/C9H15F3N2O2/c1-6(2)5-14-7(15)3-4-13-8(16)9(10,11)12/h6H,3-5H2,1-2H3,(H,13,16)(H,14,15). The van der Waals surface area contributed by atoms with Crippen molar-refractivity contribution in [2.24, 2.45) is 5.92 Å². The van der Waals surface area contributed by atoms with E-state index in [-0.39, 0.29) is 24.8 Å². The Kier molecular flexibility index (Phi) is 5.84. The quantitative estimate of drug-likeness (QED) is 0.747. The lowest BCUT2D eigenvalue weighted by atomic mass is 10.2. The Bertz CT molecular complexity index is 252. The molecule has 0 saturated heterocycles. The summed E-state index contributed by atoms with van der Waals surface area (Å²) in [6.45, 7) is 3.94. The van der Waals surface area contributed by atoms with Crippen molar-refractivity contribution in [3.63, 3.8) is 0 Å². The van der Waals surface area contributed by atoms with Crippen LogP contribution >= 0.6 is 0 Å². The molecule has 0 radical (unpaired) electrons. The van der Waals surface area contributed by atoms with Crippen molar-refractivity contribution in [1.29, 1.82) is 0 Å². The van der Waals surface area contributed by atoms with E-state index in [9.17, 15) is 22.8 Å². The van der Waals surface area contributed by atoms with E-state index in [1.165, 1.54) is 0 Å². The van der Waals surface area contributed by atoms with Crippen molar-refractivity contribution in [3.8, 4) is 0 Å². The van der Waals surface area contributed by atoms with Crippen LogP contribution in [0.4, 0.5) is 13.2 Å². The zero-order valence-electron chi connectivity index (χ0n) is 9.15. The molecule has 16 heavy (non-hydrogen) atoms. The minimum atomic E-state index is -4.89. The fourth-order valence-electron chi connectivity index (χ4n) is 0.796. The molecule has 0 atom stereocenters. The van der Waals surface area contributed by atoms with Gasteiger partial charge in [0.15, 0.2) is 0 Å². The number of alkyl halides is 3. The third-order valence-corrected chi connectivity index (χ3v) is 1.60. The summed E-state index contributed by atoms with van der Waals surface area (Å²) in [5, 5.41) is 4.14. The topological polar surface area (TPSA) is 58.2 Å². The lowest BCUT2D eigenvalue weighted by molar-refractivity contribution is -0.173. The number of rotatable bonds is 5. The van der Waals surface area contributed by atoms with Crippen molar-refractivity contribution < 1.29 is 22.8 Å². The van der Waals surface area contributed by atoms with Crippen LogP contribution in [0, 0.1) is 5.92 Å². The van der Waals surface area contributed by atoms with E-state index < -0.39 is 12.1 Å². The molecule has 0 heterocycles. The predicted octanol–water partition coefficient (Wildman–Crippen LogP) is 0.827. The molecule has 0 aliphatic rings. The molecule has 0 aromatic rings. The highest BCUT2D eigenvalue weighted by molar-refractivity contribution is 5.82. The summed E-state index contributed by atoms with van der Waals surface area (Å²) in [6.07, 6.45) is -5.05. The molecule has 0 aromatic carbocycles. The summed E-state index contributed by atoms with van der Waals surface area (Å²) in [7, 11) is 0. The van der Waals surface area contributed by atoms with Crippen LogP contribution in [0.1, 0.15) is 20.3 Å². The Balaban J connectivity index is 3.67. The molecule has 0 spiro atoms. The zero-order valence-corrected chi connectivity index (χ0v) is 9.15. The highest BCUT2D eigenvalue weighted by Crippen LogP contribution is 2.13. The largest absolute Gasteiger partial charge is 0.471 e. The zero-order chi connectivity index (χ0) is 12.8. The molecule has 7 heteroatoms. The van der Waals surface area contributed by atoms with E-state index in [1.54, 1.807) is 5.32 Å². The Hall–Kier alpha value is -1.27. The van der Waals surface area contributed by atoms with Gasteiger partial charge in [-0.1, -0.05) is 13.8 Å². The number of carbonyl (C=O) groups excluding carboxylic acids is 2. The minimum Gasteiger partial charge on any atom is -0.356 e. The van der Waals surface area contributed by atoms with Crippen LogP contribution in [0.15, 0.2) is 0 Å². The Morgan fingerprint density at radius 2 is 1.75 bits per heavy atom. The maximum absolute atomic E-state index is 11.7. The second-order valence-corrected chi connectivity index (χ2v) is 3.70. The van der Waals surface area contributed by atoms with Crippen molar-refractivity contribution in [2.45, 2.75) is 26.4 Å². The number of hydrogen-bond donors (Lipinski definition) is 2. The fraction of sp³-hybridized carbons (Fsp3) is 0.778. The Morgan fingerprint density at radius 1 is 1.19 bits per heavy atom. The van der Waals surface area contributed by atoms with Crippen LogP contribution in [-0.4, -0.2) is 31.1 Å².